The van der Waals surface area contributed by atoms with Crippen LogP contribution in [0.4, 0.5) is 0 Å². The molecule has 0 amide bonds. The number of hydrogen-bond donors (Lipinski definition) is 1. The average molecular weight is 381 g/mol. The van der Waals surface area contributed by atoms with E-state index in [2.05, 4.69) is 25.9 Å². The molecule has 1 aromatic carbocycles. The van der Waals surface area contributed by atoms with E-state index in [1.165, 1.54) is 11.3 Å². The van der Waals surface area contributed by atoms with Crippen LogP contribution >= 0.6 is 27.3 Å². The summed E-state index contributed by atoms with van der Waals surface area (Å²) in [5.74, 6) is 0.381. The summed E-state index contributed by atoms with van der Waals surface area (Å²) >= 11 is 4.99. The van der Waals surface area contributed by atoms with Gasteiger partial charge < -0.3 is 15.4 Å². The molecule has 2 aromatic rings. The number of aliphatic imine (C=N–C) groups is 1. The maximum atomic E-state index is 10.9. The van der Waals surface area contributed by atoms with Crippen molar-refractivity contribution in [1.82, 2.24) is 9.88 Å². The molecule has 0 saturated heterocycles. The summed E-state index contributed by atoms with van der Waals surface area (Å²) in [6.45, 7) is 0. The lowest BCUT2D eigenvalue weighted by Crippen LogP contribution is -2.31. The van der Waals surface area contributed by atoms with Crippen molar-refractivity contribution in [2.45, 2.75) is 12.5 Å². The number of aromatic nitrogens is 1. The fourth-order valence-corrected chi connectivity index (χ4v) is 3.16. The summed E-state index contributed by atoms with van der Waals surface area (Å²) < 4.78 is 1.01. The number of aldehydes is 1. The van der Waals surface area contributed by atoms with Crippen molar-refractivity contribution in [2.24, 2.45) is 10.7 Å². The van der Waals surface area contributed by atoms with Crippen molar-refractivity contribution >= 4 is 39.5 Å². The monoisotopic (exact) mass is 380 g/mol. The van der Waals surface area contributed by atoms with Gasteiger partial charge in [-0.05, 0) is 17.7 Å². The highest BCUT2D eigenvalue weighted by Gasteiger charge is 2.16. The Morgan fingerprint density at radius 1 is 1.55 bits per heavy atom. The van der Waals surface area contributed by atoms with Gasteiger partial charge in [-0.25, -0.2) is 9.98 Å². The van der Waals surface area contributed by atoms with E-state index in [1.807, 2.05) is 38.4 Å². The fraction of sp³-hybridized carbons (Fsp3) is 0.267. The number of carbonyl (C=O) groups is 1. The van der Waals surface area contributed by atoms with Gasteiger partial charge in [0.25, 0.3) is 0 Å². The van der Waals surface area contributed by atoms with E-state index in [-0.39, 0.29) is 12.5 Å². The molecule has 1 unspecified atom stereocenters. The first-order chi connectivity index (χ1) is 10.5. The normalized spacial score (nSPS) is 13.0. The van der Waals surface area contributed by atoms with Gasteiger partial charge in [0.1, 0.15) is 17.3 Å². The van der Waals surface area contributed by atoms with Crippen molar-refractivity contribution in [3.8, 4) is 10.4 Å². The predicted molar refractivity (Wildman–Crippen MR) is 94.0 cm³/mol. The van der Waals surface area contributed by atoms with Crippen LogP contribution in [-0.2, 0) is 4.79 Å². The van der Waals surface area contributed by atoms with E-state index >= 15 is 0 Å². The molecule has 0 fully saturated rings. The summed E-state index contributed by atoms with van der Waals surface area (Å²) in [4.78, 5) is 22.5. The van der Waals surface area contributed by atoms with E-state index in [4.69, 9.17) is 5.73 Å². The molecule has 7 heteroatoms. The quantitative estimate of drug-likeness (QED) is 0.491. The Hall–Kier alpha value is -1.73. The first-order valence-electron chi connectivity index (χ1n) is 6.67. The van der Waals surface area contributed by atoms with E-state index < -0.39 is 0 Å². The molecule has 116 valence electrons. The Morgan fingerprint density at radius 3 is 2.95 bits per heavy atom. The third-order valence-electron chi connectivity index (χ3n) is 2.98. The van der Waals surface area contributed by atoms with Gasteiger partial charge in [0, 0.05) is 31.2 Å². The second kappa shape index (κ2) is 7.51. The Morgan fingerprint density at radius 2 is 2.32 bits per heavy atom. The average Bonchev–Trinajstić information content (AvgIpc) is 2.96. The van der Waals surface area contributed by atoms with Crippen molar-refractivity contribution in [3.63, 3.8) is 0 Å². The maximum Gasteiger partial charge on any atom is 0.191 e. The highest BCUT2D eigenvalue weighted by Crippen LogP contribution is 2.32. The zero-order valence-electron chi connectivity index (χ0n) is 12.4. The first kappa shape index (κ1) is 16.6. The smallest absolute Gasteiger partial charge is 0.191 e. The molecule has 22 heavy (non-hydrogen) atoms. The fourth-order valence-electron chi connectivity index (χ4n) is 1.79. The topological polar surface area (TPSA) is 71.6 Å². The molecule has 1 heterocycles. The highest BCUT2D eigenvalue weighted by molar-refractivity contribution is 9.10. The summed E-state index contributed by atoms with van der Waals surface area (Å²) in [5.41, 5.74) is 6.93. The summed E-state index contributed by atoms with van der Waals surface area (Å²) in [6, 6.07) is 7.66. The zero-order chi connectivity index (χ0) is 16.1. The van der Waals surface area contributed by atoms with Crippen molar-refractivity contribution < 1.29 is 4.79 Å². The van der Waals surface area contributed by atoms with Gasteiger partial charge in [-0.2, -0.15) is 0 Å². The predicted octanol–water partition coefficient (Wildman–Crippen LogP) is 3.08. The van der Waals surface area contributed by atoms with Crippen LogP contribution in [0.15, 0.2) is 39.9 Å². The van der Waals surface area contributed by atoms with E-state index in [0.717, 1.165) is 26.2 Å². The second-order valence-electron chi connectivity index (χ2n) is 4.87. The highest BCUT2D eigenvalue weighted by atomic mass is 79.9. The lowest BCUT2D eigenvalue weighted by Gasteiger charge is -2.13. The maximum absolute atomic E-state index is 10.9. The van der Waals surface area contributed by atoms with Gasteiger partial charge in [0.2, 0.25) is 0 Å². The molecular formula is C15H17BrN4OS. The minimum atomic E-state index is -0.342. The van der Waals surface area contributed by atoms with Crippen LogP contribution in [0, 0.1) is 0 Å². The Balaban J connectivity index is 2.31. The largest absolute Gasteiger partial charge is 0.370 e. The van der Waals surface area contributed by atoms with Crippen LogP contribution in [0.25, 0.3) is 10.4 Å². The molecule has 1 atom stereocenters. The molecule has 0 spiro atoms. The van der Waals surface area contributed by atoms with Crippen LogP contribution in [0.1, 0.15) is 17.5 Å². The third kappa shape index (κ3) is 4.14. The number of guanidine groups is 1. The third-order valence-corrected chi connectivity index (χ3v) is 4.62. The van der Waals surface area contributed by atoms with Gasteiger partial charge in [0.05, 0.1) is 4.88 Å². The van der Waals surface area contributed by atoms with Crippen LogP contribution in [0.5, 0.6) is 0 Å². The number of benzene rings is 1. The van der Waals surface area contributed by atoms with Crippen molar-refractivity contribution in [1.29, 1.82) is 0 Å². The molecular weight excluding hydrogens is 364 g/mol. The van der Waals surface area contributed by atoms with Crippen LogP contribution in [0.2, 0.25) is 0 Å². The molecule has 1 aromatic heterocycles. The van der Waals surface area contributed by atoms with E-state index in [9.17, 15) is 4.79 Å². The standard InChI is InChI=1S/C15H17BrN4OS/c1-20(2)15(17)19-12(6-7-21)14-18-9-13(22-14)10-4-3-5-11(16)8-10/h3-5,7-9,12H,6H2,1-2H3,(H2,17,19). The SMILES string of the molecule is CN(C)C(N)=NC(CC=O)c1ncc(-c2cccc(Br)c2)s1. The molecule has 0 radical (unpaired) electrons. The van der Waals surface area contributed by atoms with Gasteiger partial charge in [0.15, 0.2) is 5.96 Å². The molecule has 0 bridgehead atoms. The van der Waals surface area contributed by atoms with Crippen molar-refractivity contribution in [2.75, 3.05) is 14.1 Å². The number of carbonyl (C=O) groups excluding carboxylic acids is 1. The van der Waals surface area contributed by atoms with Gasteiger partial charge in [-0.1, -0.05) is 28.1 Å². The number of thiazole rings is 1. The second-order valence-corrected chi connectivity index (χ2v) is 6.85. The lowest BCUT2D eigenvalue weighted by atomic mass is 10.2. The Bertz CT molecular complexity index is 684. The lowest BCUT2D eigenvalue weighted by molar-refractivity contribution is -0.108. The summed E-state index contributed by atoms with van der Waals surface area (Å²) in [5, 5.41) is 0.784. The number of rotatable bonds is 5. The molecule has 0 aliphatic rings. The Kier molecular flexibility index (Phi) is 5.68. The van der Waals surface area contributed by atoms with Gasteiger partial charge in [-0.3, -0.25) is 0 Å². The molecule has 5 nitrogen and oxygen atoms in total. The van der Waals surface area contributed by atoms with Crippen LogP contribution in [0.3, 0.4) is 0 Å². The number of nitrogens with two attached hydrogens (primary N) is 1. The summed E-state index contributed by atoms with van der Waals surface area (Å²) in [6.07, 6.45) is 2.91. The van der Waals surface area contributed by atoms with E-state index in [0.29, 0.717) is 5.96 Å². The molecule has 2 N–H and O–H groups in total. The zero-order valence-corrected chi connectivity index (χ0v) is 14.8. The molecule has 2 rings (SSSR count). The molecule has 0 saturated carbocycles. The van der Waals surface area contributed by atoms with E-state index in [1.54, 1.807) is 11.1 Å². The number of halogens is 1. The number of nitrogens with zero attached hydrogens (tertiary/aromatic N) is 3. The summed E-state index contributed by atoms with van der Waals surface area (Å²) in [7, 11) is 3.62. The first-order valence-corrected chi connectivity index (χ1v) is 8.28. The van der Waals surface area contributed by atoms with Crippen molar-refractivity contribution in [3.05, 3.63) is 39.9 Å². The van der Waals surface area contributed by atoms with Gasteiger partial charge >= 0.3 is 0 Å². The Labute approximate surface area is 142 Å². The number of hydrogen-bond acceptors (Lipinski definition) is 4. The minimum Gasteiger partial charge on any atom is -0.370 e. The van der Waals surface area contributed by atoms with Crippen LogP contribution < -0.4 is 5.73 Å². The van der Waals surface area contributed by atoms with Crippen LogP contribution in [-0.4, -0.2) is 36.2 Å². The molecule has 0 aliphatic heterocycles. The molecule has 0 aliphatic carbocycles. The minimum absolute atomic E-state index is 0.264. The van der Waals surface area contributed by atoms with Gasteiger partial charge in [-0.15, -0.1) is 11.3 Å².